The maximum atomic E-state index is 12.8. The van der Waals surface area contributed by atoms with Crippen LogP contribution in [0.3, 0.4) is 0 Å². The van der Waals surface area contributed by atoms with Crippen molar-refractivity contribution < 1.29 is 13.2 Å². The average molecular weight is 382 g/mol. The van der Waals surface area contributed by atoms with Crippen molar-refractivity contribution in [2.24, 2.45) is 5.92 Å². The van der Waals surface area contributed by atoms with Crippen LogP contribution in [0.2, 0.25) is 5.02 Å². The largest absolute Gasteiger partial charge is 0.463 e. The summed E-state index contributed by atoms with van der Waals surface area (Å²) in [5.41, 5.74) is 0.960. The molecule has 25 heavy (non-hydrogen) atoms. The fourth-order valence-electron chi connectivity index (χ4n) is 2.82. The molecular formula is C17H20ClN3O3S. The third-order valence-electron chi connectivity index (χ3n) is 4.14. The summed E-state index contributed by atoms with van der Waals surface area (Å²) in [5.74, 6) is 0.0934. The number of benzene rings is 1. The fourth-order valence-corrected chi connectivity index (χ4v) is 4.87. The van der Waals surface area contributed by atoms with Crippen molar-refractivity contribution in [3.05, 3.63) is 47.2 Å². The van der Waals surface area contributed by atoms with Crippen LogP contribution < -0.4 is 4.74 Å². The summed E-state index contributed by atoms with van der Waals surface area (Å²) >= 11 is 6.07. The van der Waals surface area contributed by atoms with E-state index in [9.17, 15) is 8.42 Å². The minimum atomic E-state index is -3.60. The predicted octanol–water partition coefficient (Wildman–Crippen LogP) is 2.92. The lowest BCUT2D eigenvalue weighted by Crippen LogP contribution is -2.41. The number of aromatic nitrogens is 2. The van der Waals surface area contributed by atoms with Gasteiger partial charge in [0.15, 0.2) is 0 Å². The molecule has 1 saturated heterocycles. The average Bonchev–Trinajstić information content (AvgIpc) is 2.62. The van der Waals surface area contributed by atoms with Gasteiger partial charge in [0.2, 0.25) is 10.0 Å². The number of hydrogen-bond donors (Lipinski definition) is 0. The van der Waals surface area contributed by atoms with E-state index in [2.05, 4.69) is 9.97 Å². The first-order valence-corrected chi connectivity index (χ1v) is 9.95. The summed E-state index contributed by atoms with van der Waals surface area (Å²) in [6.07, 6.45) is 5.07. The second kappa shape index (κ2) is 7.68. The molecule has 2 heterocycles. The molecule has 6 nitrogen and oxygen atoms in total. The van der Waals surface area contributed by atoms with E-state index in [0.717, 1.165) is 18.4 Å². The van der Waals surface area contributed by atoms with Crippen LogP contribution in [-0.4, -0.2) is 42.4 Å². The van der Waals surface area contributed by atoms with Crippen molar-refractivity contribution in [3.8, 4) is 6.01 Å². The molecule has 1 aromatic heterocycles. The summed E-state index contributed by atoms with van der Waals surface area (Å²) in [6.45, 7) is 3.18. The van der Waals surface area contributed by atoms with Crippen molar-refractivity contribution >= 4 is 21.6 Å². The van der Waals surface area contributed by atoms with E-state index in [-0.39, 0.29) is 15.8 Å². The highest BCUT2D eigenvalue weighted by atomic mass is 35.5. The smallest absolute Gasteiger partial charge is 0.316 e. The minimum Gasteiger partial charge on any atom is -0.463 e. The monoisotopic (exact) mass is 381 g/mol. The van der Waals surface area contributed by atoms with Crippen molar-refractivity contribution in [1.29, 1.82) is 0 Å². The Morgan fingerprint density at radius 2 is 2.00 bits per heavy atom. The molecule has 0 spiro atoms. The molecule has 1 aliphatic rings. The van der Waals surface area contributed by atoms with Crippen molar-refractivity contribution in [2.45, 2.75) is 24.7 Å². The van der Waals surface area contributed by atoms with Crippen LogP contribution in [0.15, 0.2) is 41.6 Å². The molecule has 0 aliphatic carbocycles. The number of halogens is 1. The van der Waals surface area contributed by atoms with E-state index >= 15 is 0 Å². The Hall–Kier alpha value is -1.70. The second-order valence-corrected chi connectivity index (χ2v) is 8.47. The van der Waals surface area contributed by atoms with Crippen LogP contribution in [0.4, 0.5) is 0 Å². The number of ether oxygens (including phenoxy) is 1. The van der Waals surface area contributed by atoms with Crippen molar-refractivity contribution in [1.82, 2.24) is 14.3 Å². The van der Waals surface area contributed by atoms with Crippen LogP contribution in [-0.2, 0) is 10.0 Å². The highest BCUT2D eigenvalue weighted by Crippen LogP contribution is 2.28. The first-order chi connectivity index (χ1) is 12.0. The Morgan fingerprint density at radius 3 is 2.72 bits per heavy atom. The molecular weight excluding hydrogens is 362 g/mol. The molecule has 2 aromatic rings. The molecule has 1 unspecified atom stereocenters. The SMILES string of the molecule is Cc1cnc(OCC2CCCN(S(=O)(=O)c3ccccc3Cl)C2)nc1. The van der Waals surface area contributed by atoms with Gasteiger partial charge in [0, 0.05) is 31.4 Å². The van der Waals surface area contributed by atoms with Gasteiger partial charge in [0.05, 0.1) is 11.6 Å². The zero-order chi connectivity index (χ0) is 17.9. The topological polar surface area (TPSA) is 72.4 Å². The summed E-state index contributed by atoms with van der Waals surface area (Å²) in [4.78, 5) is 8.37. The summed E-state index contributed by atoms with van der Waals surface area (Å²) in [5, 5.41) is 0.244. The Morgan fingerprint density at radius 1 is 1.28 bits per heavy atom. The quantitative estimate of drug-likeness (QED) is 0.796. The predicted molar refractivity (Wildman–Crippen MR) is 95.2 cm³/mol. The number of hydrogen-bond acceptors (Lipinski definition) is 5. The van der Waals surface area contributed by atoms with E-state index in [1.807, 2.05) is 6.92 Å². The maximum Gasteiger partial charge on any atom is 0.316 e. The zero-order valence-corrected chi connectivity index (χ0v) is 15.5. The van der Waals surface area contributed by atoms with Crippen LogP contribution in [0.5, 0.6) is 6.01 Å². The maximum absolute atomic E-state index is 12.8. The molecule has 1 aromatic carbocycles. The lowest BCUT2D eigenvalue weighted by Gasteiger charge is -2.31. The summed E-state index contributed by atoms with van der Waals surface area (Å²) in [7, 11) is -3.60. The Bertz CT molecular complexity index is 827. The number of piperidine rings is 1. The zero-order valence-electron chi connectivity index (χ0n) is 13.9. The van der Waals surface area contributed by atoms with Gasteiger partial charge in [-0.2, -0.15) is 4.31 Å². The minimum absolute atomic E-state index is 0.0934. The van der Waals surface area contributed by atoms with Gasteiger partial charge in [-0.05, 0) is 37.5 Å². The van der Waals surface area contributed by atoms with E-state index in [1.165, 1.54) is 10.4 Å². The molecule has 134 valence electrons. The van der Waals surface area contributed by atoms with E-state index in [4.69, 9.17) is 16.3 Å². The molecule has 0 bridgehead atoms. The van der Waals surface area contributed by atoms with Gasteiger partial charge in [-0.15, -0.1) is 0 Å². The highest BCUT2D eigenvalue weighted by molar-refractivity contribution is 7.89. The third kappa shape index (κ3) is 4.29. The fraction of sp³-hybridized carbons (Fsp3) is 0.412. The Balaban J connectivity index is 1.66. The van der Waals surface area contributed by atoms with Crippen LogP contribution in [0.25, 0.3) is 0 Å². The van der Waals surface area contributed by atoms with Crippen molar-refractivity contribution in [3.63, 3.8) is 0 Å². The van der Waals surface area contributed by atoms with Gasteiger partial charge in [0.1, 0.15) is 4.90 Å². The van der Waals surface area contributed by atoms with Crippen LogP contribution >= 0.6 is 11.6 Å². The second-order valence-electron chi connectivity index (χ2n) is 6.16. The van der Waals surface area contributed by atoms with Crippen LogP contribution in [0.1, 0.15) is 18.4 Å². The highest BCUT2D eigenvalue weighted by Gasteiger charge is 2.31. The van der Waals surface area contributed by atoms with Gasteiger partial charge < -0.3 is 4.74 Å². The third-order valence-corrected chi connectivity index (χ3v) is 6.51. The number of aryl methyl sites for hydroxylation is 1. The molecule has 1 aliphatic heterocycles. The molecule has 0 saturated carbocycles. The lowest BCUT2D eigenvalue weighted by molar-refractivity contribution is 0.171. The molecule has 1 fully saturated rings. The standard InChI is InChI=1S/C17H20ClN3O3S/c1-13-9-19-17(20-10-13)24-12-14-5-4-8-21(11-14)25(22,23)16-7-3-2-6-15(16)18/h2-3,6-7,9-10,14H,4-5,8,11-12H2,1H3. The molecule has 0 N–H and O–H groups in total. The molecule has 1 atom stereocenters. The van der Waals surface area contributed by atoms with Gasteiger partial charge in [-0.25, -0.2) is 18.4 Å². The molecule has 0 amide bonds. The number of nitrogens with zero attached hydrogens (tertiary/aromatic N) is 3. The van der Waals surface area contributed by atoms with E-state index in [1.54, 1.807) is 30.6 Å². The van der Waals surface area contributed by atoms with Gasteiger partial charge in [0.25, 0.3) is 0 Å². The first kappa shape index (κ1) is 18.1. The summed E-state index contributed by atoms with van der Waals surface area (Å²) < 4.78 is 32.8. The normalized spacial score (nSPS) is 18.9. The van der Waals surface area contributed by atoms with Crippen molar-refractivity contribution in [2.75, 3.05) is 19.7 Å². The van der Waals surface area contributed by atoms with Gasteiger partial charge in [-0.3, -0.25) is 0 Å². The first-order valence-electron chi connectivity index (χ1n) is 8.13. The number of rotatable bonds is 5. The Labute approximate surface area is 152 Å². The van der Waals surface area contributed by atoms with Gasteiger partial charge >= 0.3 is 6.01 Å². The van der Waals surface area contributed by atoms with E-state index < -0.39 is 10.0 Å². The number of sulfonamides is 1. The Kier molecular flexibility index (Phi) is 5.56. The lowest BCUT2D eigenvalue weighted by atomic mass is 10.0. The van der Waals surface area contributed by atoms with E-state index in [0.29, 0.717) is 25.7 Å². The molecule has 0 radical (unpaired) electrons. The summed E-state index contributed by atoms with van der Waals surface area (Å²) in [6, 6.07) is 6.84. The van der Waals surface area contributed by atoms with Crippen LogP contribution in [0, 0.1) is 12.8 Å². The molecule has 8 heteroatoms. The molecule has 3 rings (SSSR count). The van der Waals surface area contributed by atoms with Gasteiger partial charge in [-0.1, -0.05) is 23.7 Å².